The van der Waals surface area contributed by atoms with Gasteiger partial charge in [-0.15, -0.1) is 0 Å². The summed E-state index contributed by atoms with van der Waals surface area (Å²) < 4.78 is 24.3. The van der Waals surface area contributed by atoms with Crippen LogP contribution >= 0.6 is 11.6 Å². The molecule has 0 spiro atoms. The fraction of sp³-hybridized carbons (Fsp3) is 0.422. The van der Waals surface area contributed by atoms with Crippen LogP contribution in [-0.2, 0) is 75.6 Å². The van der Waals surface area contributed by atoms with E-state index in [1.54, 1.807) is 33.9 Å². The number of halogens is 1. The number of hydrogen-bond acceptors (Lipinski definition) is 15. The van der Waals surface area contributed by atoms with Crippen LogP contribution in [0.15, 0.2) is 61.4 Å². The molecule has 0 aliphatic rings. The van der Waals surface area contributed by atoms with Crippen molar-refractivity contribution < 1.29 is 84.9 Å². The third-order valence-electron chi connectivity index (χ3n) is 9.74. The molecule has 70 heavy (non-hydrogen) atoms. The molecule has 0 aliphatic carbocycles. The molecule has 7 aromatic heterocycles. The zero-order valence-corrected chi connectivity index (χ0v) is 51.8. The molecule has 7 aromatic rings. The van der Waals surface area contributed by atoms with Crippen LogP contribution in [0.5, 0.6) is 6.01 Å². The second-order valence-corrected chi connectivity index (χ2v) is 29.3. The average molecular weight is 1440 g/mol. The minimum Gasteiger partial charge on any atom is -0.465 e. The van der Waals surface area contributed by atoms with Crippen molar-refractivity contribution in [3.8, 4) is 29.8 Å². The number of hydrogen-bond donors (Lipinski definition) is 2. The van der Waals surface area contributed by atoms with Crippen molar-refractivity contribution in [3.63, 3.8) is 0 Å². The summed E-state index contributed by atoms with van der Waals surface area (Å²) >= 11 is 5.91. The van der Waals surface area contributed by atoms with Gasteiger partial charge in [-0.1, -0.05) is 58.8 Å². The van der Waals surface area contributed by atoms with E-state index in [0.29, 0.717) is 74.4 Å². The number of ether oxygens (including phenoxy) is 3. The summed E-state index contributed by atoms with van der Waals surface area (Å²) in [5.41, 5.74) is 17.2. The van der Waals surface area contributed by atoms with E-state index in [4.69, 9.17) is 52.8 Å². The van der Waals surface area contributed by atoms with Crippen molar-refractivity contribution in [2.75, 3.05) is 31.3 Å². The van der Waals surface area contributed by atoms with Crippen LogP contribution in [-0.4, -0.2) is 94.1 Å². The summed E-state index contributed by atoms with van der Waals surface area (Å²) in [6.45, 7) is 23.4. The van der Waals surface area contributed by atoms with Crippen LogP contribution in [0.25, 0.3) is 22.8 Å². The molecule has 0 amide bonds. The van der Waals surface area contributed by atoms with Gasteiger partial charge in [-0.25, -0.2) is 24.9 Å². The number of nitrogens with zero attached hydrogens (tertiary/aromatic N) is 14. The Kier molecular flexibility index (Phi) is 27.4. The summed E-state index contributed by atoms with van der Waals surface area (Å²) in [7, 11) is -2.17. The number of rotatable bonds is 17. The van der Waals surface area contributed by atoms with E-state index in [9.17, 15) is 0 Å². The zero-order chi connectivity index (χ0) is 48.0. The fourth-order valence-electron chi connectivity index (χ4n) is 5.93. The summed E-state index contributed by atoms with van der Waals surface area (Å²) in [5.74, 6) is 1.95. The van der Waals surface area contributed by atoms with Crippen molar-refractivity contribution in [1.82, 2.24) is 58.1 Å². The smallest absolute Gasteiger partial charge is 0.299 e. The number of fused-ring (bicyclic) bond motifs is 1. The van der Waals surface area contributed by atoms with Gasteiger partial charge < -0.3 is 30.2 Å². The second-order valence-electron chi connectivity index (χ2n) is 17.7. The minimum absolute atomic E-state index is 0. The average Bonchev–Trinajstić information content (AvgIpc) is 4.07. The van der Waals surface area contributed by atoms with Crippen molar-refractivity contribution in [2.45, 2.75) is 106 Å². The van der Waals surface area contributed by atoms with Gasteiger partial charge in [-0.05, 0) is 67.7 Å². The maximum Gasteiger partial charge on any atom is 0.299 e. The number of nitrogen functional groups attached to an aromatic ring is 2. The van der Waals surface area contributed by atoms with E-state index in [0.717, 1.165) is 41.2 Å². The van der Waals surface area contributed by atoms with Gasteiger partial charge in [0.1, 0.15) is 31.4 Å². The number of anilines is 2. The molecule has 0 fully saturated rings. The topological polar surface area (TPSA) is 250 Å². The van der Waals surface area contributed by atoms with Crippen LogP contribution < -0.4 is 16.2 Å². The number of aryl methyl sites for hydroxylation is 2. The van der Waals surface area contributed by atoms with Gasteiger partial charge in [0.15, 0.2) is 34.3 Å². The van der Waals surface area contributed by atoms with E-state index < -0.39 is 16.1 Å². The number of imidazole rings is 4. The molecule has 0 aliphatic heterocycles. The van der Waals surface area contributed by atoms with Gasteiger partial charge in [-0.2, -0.15) is 15.5 Å². The van der Waals surface area contributed by atoms with E-state index in [1.165, 1.54) is 0 Å². The third kappa shape index (κ3) is 19.1. The second kappa shape index (κ2) is 30.0. The zero-order valence-electron chi connectivity index (χ0n) is 40.5. The van der Waals surface area contributed by atoms with Crippen molar-refractivity contribution in [2.24, 2.45) is 0 Å². The Morgan fingerprint density at radius 2 is 1.27 bits per heavy atom. The molecule has 0 atom stereocenters. The van der Waals surface area contributed by atoms with Crippen molar-refractivity contribution in [3.05, 3.63) is 101 Å². The normalized spacial score (nSPS) is 10.7. The Labute approximate surface area is 468 Å². The summed E-state index contributed by atoms with van der Waals surface area (Å²) in [5, 5.41) is 17.7. The Morgan fingerprint density at radius 3 is 1.77 bits per heavy atom. The van der Waals surface area contributed by atoms with Gasteiger partial charge in [0.25, 0.3) is 6.01 Å². The fourth-order valence-corrected chi connectivity index (χ4v) is 7.68. The molecule has 0 saturated carbocycles. The van der Waals surface area contributed by atoms with Gasteiger partial charge in [0.2, 0.25) is 11.1 Å². The SMILES string of the molecule is C.CCOc1nc2c(N)nc(-c3nccn3COCC[Si](C)(C)C)nc2n1Cc1ccc(C)nc1.C[Si](C)(C)CCOCn1ccnc1C#N.Cc1ccc(Cn2c(Cl)nc(C#N)c2N)cn1.[U].[V].[W]. The molecule has 7 heterocycles. The molecule has 7 rings (SSSR count). The quantitative estimate of drug-likeness (QED) is 0.0644. The van der Waals surface area contributed by atoms with Gasteiger partial charge in [0, 0.05) is 149 Å². The molecule has 0 saturated heterocycles. The largest absolute Gasteiger partial charge is 0.465 e. The van der Waals surface area contributed by atoms with Crippen molar-refractivity contribution >= 4 is 50.5 Å². The summed E-state index contributed by atoms with van der Waals surface area (Å²) in [6, 6.07) is 14.4. The van der Waals surface area contributed by atoms with Crippen LogP contribution in [0.3, 0.4) is 0 Å². The van der Waals surface area contributed by atoms with Gasteiger partial charge >= 0.3 is 0 Å². The molecule has 0 bridgehead atoms. The van der Waals surface area contributed by atoms with Crippen LogP contribution in [0.1, 0.15) is 48.4 Å². The molecule has 0 aromatic carbocycles. The number of nitriles is 2. The van der Waals surface area contributed by atoms with E-state index >= 15 is 0 Å². The first-order valence-electron chi connectivity index (χ1n) is 21.4. The molecule has 0 unspecified atom stereocenters. The minimum atomic E-state index is -1.16. The monoisotopic (exact) mass is 1440 g/mol. The molecule has 25 heteroatoms. The van der Waals surface area contributed by atoms with Crippen LogP contribution in [0.4, 0.5) is 11.6 Å². The number of pyridine rings is 2. The van der Waals surface area contributed by atoms with Crippen LogP contribution in [0.2, 0.25) is 56.7 Å². The maximum absolute atomic E-state index is 8.78. The standard InChI is InChI=1S/C23H32N8O2Si.C11H10ClN5.C10H17N3OSi.CH4.U.V.W/c1-6-33-23-27-18-19(24)28-20(22-25-9-10-30(22)15-32-11-12-34(3,4)5)29-21(18)31(23)14-17-8-7-16(2)26-13-17;1-7-2-3-8(5-15-7)6-17-10(14)9(4-13)16-11(17)12;1-15(2,3)7-6-14-9-13-5-4-12-10(13)8-11;;;;/h7-10,13H,6,11-12,14-15H2,1-5H3,(H2,24,28,29);2-3,5H,6,14H2,1H3;4-5H,6-7,9H2,1-3H3;1H4;;;. The number of aromatic nitrogens is 12. The predicted octanol–water partition coefficient (Wildman–Crippen LogP) is 8.18. The molecule has 4 N–H and O–H groups in total. The Morgan fingerprint density at radius 1 is 0.729 bits per heavy atom. The summed E-state index contributed by atoms with van der Waals surface area (Å²) in [6.07, 6.45) is 10.5. The Bertz CT molecular complexity index is 2760. The van der Waals surface area contributed by atoms with Gasteiger partial charge in [-0.3, -0.25) is 23.7 Å². The molecular weight excluding hydrogens is 1380 g/mol. The summed E-state index contributed by atoms with van der Waals surface area (Å²) in [4.78, 5) is 34.7. The first-order chi connectivity index (χ1) is 31.4. The van der Waals surface area contributed by atoms with Gasteiger partial charge in [0.05, 0.1) is 19.7 Å². The first-order valence-corrected chi connectivity index (χ1v) is 29.2. The molecule has 19 nitrogen and oxygen atoms in total. The maximum atomic E-state index is 8.78. The van der Waals surface area contributed by atoms with Crippen molar-refractivity contribution in [1.29, 1.82) is 10.5 Å². The van der Waals surface area contributed by atoms with Crippen LogP contribution in [0, 0.1) is 67.6 Å². The Balaban J connectivity index is 0.000000574. The van der Waals surface area contributed by atoms with E-state index in [1.807, 2.05) is 78.7 Å². The van der Waals surface area contributed by atoms with E-state index in [-0.39, 0.29) is 101 Å². The first kappa shape index (κ1) is 63.8. The molecule has 1 radical (unpaired) electrons. The number of nitrogens with two attached hydrogens (primary N) is 2. The van der Waals surface area contributed by atoms with E-state index in [2.05, 4.69) is 74.2 Å². The third-order valence-corrected chi connectivity index (χ3v) is 13.4. The molecule has 371 valence electrons. The predicted molar refractivity (Wildman–Crippen MR) is 267 cm³/mol. The molecular formula is C45H63ClN16O3Si2UVW. The Hall–Kier alpha value is -4.17.